The molecule has 4 fully saturated rings. The van der Waals surface area contributed by atoms with E-state index in [0.29, 0.717) is 22.5 Å². The Labute approximate surface area is 193 Å². The fraction of sp³-hybridized carbons (Fsp3) is 0.900. The van der Waals surface area contributed by atoms with Crippen LogP contribution in [0.5, 0.6) is 0 Å². The maximum absolute atomic E-state index is 12.8. The van der Waals surface area contributed by atoms with Gasteiger partial charge in [-0.15, -0.1) is 0 Å². The number of ketones is 1. The lowest BCUT2D eigenvalue weighted by Crippen LogP contribution is -2.55. The van der Waals surface area contributed by atoms with Gasteiger partial charge in [0.05, 0.1) is 0 Å². The number of hydrogen-bond donors (Lipinski definition) is 0. The molecule has 1 heteroatoms. The molecule has 0 heterocycles. The Kier molecular flexibility index (Phi) is 6.83. The standard InChI is InChI=1S/C30H50O/c1-7-9-23-26-13-12-22-25-15-14-24(21(4)11-8-10-20(2)3)29(25,5)18-16-27(22)30(26,6)19-17-28(23)31/h7,9,20-27H,8,10-19H2,1-6H3/b9-7-/t21-,22+,23+,24-,25+,26+,27+,29-,30+/m1/s1. The van der Waals surface area contributed by atoms with Gasteiger partial charge in [0.25, 0.3) is 0 Å². The van der Waals surface area contributed by atoms with E-state index >= 15 is 0 Å². The van der Waals surface area contributed by atoms with Crippen molar-refractivity contribution in [1.29, 1.82) is 0 Å². The van der Waals surface area contributed by atoms with Crippen molar-refractivity contribution in [3.8, 4) is 0 Å². The molecule has 0 radical (unpaired) electrons. The van der Waals surface area contributed by atoms with Crippen LogP contribution in [-0.2, 0) is 4.79 Å². The molecule has 31 heavy (non-hydrogen) atoms. The number of hydrogen-bond acceptors (Lipinski definition) is 1. The zero-order chi connectivity index (χ0) is 22.4. The molecule has 1 nitrogen and oxygen atoms in total. The number of carbonyl (C=O) groups excluding carboxylic acids is 1. The lowest BCUT2D eigenvalue weighted by molar-refractivity contribution is -0.148. The van der Waals surface area contributed by atoms with Gasteiger partial charge in [0.1, 0.15) is 5.78 Å². The first-order valence-corrected chi connectivity index (χ1v) is 13.9. The Morgan fingerprint density at radius 1 is 0.903 bits per heavy atom. The summed E-state index contributed by atoms with van der Waals surface area (Å²) in [4.78, 5) is 12.8. The topological polar surface area (TPSA) is 17.1 Å². The van der Waals surface area contributed by atoms with Crippen LogP contribution in [0.15, 0.2) is 12.2 Å². The van der Waals surface area contributed by atoms with Crippen LogP contribution >= 0.6 is 0 Å². The molecule has 0 aromatic rings. The largest absolute Gasteiger partial charge is 0.299 e. The minimum absolute atomic E-state index is 0.204. The van der Waals surface area contributed by atoms with Crippen LogP contribution in [0.25, 0.3) is 0 Å². The van der Waals surface area contributed by atoms with Crippen LogP contribution < -0.4 is 0 Å². The van der Waals surface area contributed by atoms with E-state index in [1.807, 2.05) is 0 Å². The lowest BCUT2D eigenvalue weighted by Gasteiger charge is -2.61. The van der Waals surface area contributed by atoms with E-state index in [-0.39, 0.29) is 5.92 Å². The normalized spacial score (nSPS) is 46.1. The summed E-state index contributed by atoms with van der Waals surface area (Å²) in [6.45, 7) is 14.7. The van der Waals surface area contributed by atoms with E-state index in [2.05, 4.69) is 53.7 Å². The van der Waals surface area contributed by atoms with Crippen LogP contribution in [-0.4, -0.2) is 5.78 Å². The fourth-order valence-corrected chi connectivity index (χ4v) is 9.70. The van der Waals surface area contributed by atoms with E-state index < -0.39 is 0 Å². The third-order valence-corrected chi connectivity index (χ3v) is 11.3. The van der Waals surface area contributed by atoms with Crippen molar-refractivity contribution < 1.29 is 4.79 Å². The minimum Gasteiger partial charge on any atom is -0.299 e. The summed E-state index contributed by atoms with van der Waals surface area (Å²) in [5.74, 6) is 6.74. The van der Waals surface area contributed by atoms with Crippen molar-refractivity contribution >= 4 is 5.78 Å². The summed E-state index contributed by atoms with van der Waals surface area (Å²) < 4.78 is 0. The highest BCUT2D eigenvalue weighted by Crippen LogP contribution is 2.68. The number of fused-ring (bicyclic) bond motifs is 5. The summed E-state index contributed by atoms with van der Waals surface area (Å²) in [7, 11) is 0. The maximum atomic E-state index is 12.8. The Morgan fingerprint density at radius 2 is 1.61 bits per heavy atom. The van der Waals surface area contributed by atoms with Gasteiger partial charge in [-0.05, 0) is 104 Å². The number of rotatable bonds is 6. The monoisotopic (exact) mass is 426 g/mol. The number of carbonyl (C=O) groups is 1. The second kappa shape index (κ2) is 8.98. The highest BCUT2D eigenvalue weighted by atomic mass is 16.1. The first-order chi connectivity index (χ1) is 14.7. The molecule has 0 amide bonds. The van der Waals surface area contributed by atoms with Crippen molar-refractivity contribution in [2.75, 3.05) is 0 Å². The van der Waals surface area contributed by atoms with Crippen LogP contribution in [0.1, 0.15) is 112 Å². The van der Waals surface area contributed by atoms with Crippen LogP contribution in [0.3, 0.4) is 0 Å². The maximum Gasteiger partial charge on any atom is 0.140 e. The van der Waals surface area contributed by atoms with Crippen molar-refractivity contribution in [3.63, 3.8) is 0 Å². The highest BCUT2D eigenvalue weighted by molar-refractivity contribution is 5.84. The van der Waals surface area contributed by atoms with Crippen molar-refractivity contribution in [1.82, 2.24) is 0 Å². The minimum atomic E-state index is 0.204. The van der Waals surface area contributed by atoms with Crippen LogP contribution in [0.4, 0.5) is 0 Å². The molecule has 4 aliphatic carbocycles. The van der Waals surface area contributed by atoms with E-state index in [1.54, 1.807) is 0 Å². The summed E-state index contributed by atoms with van der Waals surface area (Å²) in [5.41, 5.74) is 0.970. The Balaban J connectivity index is 1.50. The summed E-state index contributed by atoms with van der Waals surface area (Å²) >= 11 is 0. The van der Waals surface area contributed by atoms with Gasteiger partial charge in [-0.2, -0.15) is 0 Å². The predicted octanol–water partition coefficient (Wildman–Crippen LogP) is 8.48. The van der Waals surface area contributed by atoms with E-state index in [1.165, 1.54) is 57.8 Å². The molecule has 4 saturated carbocycles. The summed E-state index contributed by atoms with van der Waals surface area (Å²) in [5, 5.41) is 0. The van der Waals surface area contributed by atoms with Gasteiger partial charge >= 0.3 is 0 Å². The van der Waals surface area contributed by atoms with E-state index in [4.69, 9.17) is 0 Å². The molecule has 0 aromatic heterocycles. The fourth-order valence-electron chi connectivity index (χ4n) is 9.70. The third kappa shape index (κ3) is 3.99. The molecule has 9 atom stereocenters. The second-order valence-corrected chi connectivity index (χ2v) is 13.1. The molecule has 4 rings (SSSR count). The van der Waals surface area contributed by atoms with Crippen molar-refractivity contribution in [3.05, 3.63) is 12.2 Å². The average Bonchev–Trinajstić information content (AvgIpc) is 3.07. The van der Waals surface area contributed by atoms with Crippen molar-refractivity contribution in [2.24, 2.45) is 58.2 Å². The third-order valence-electron chi connectivity index (χ3n) is 11.3. The molecule has 0 aliphatic heterocycles. The first-order valence-electron chi connectivity index (χ1n) is 13.9. The van der Waals surface area contributed by atoms with E-state index in [9.17, 15) is 4.79 Å². The van der Waals surface area contributed by atoms with Crippen LogP contribution in [0, 0.1) is 58.2 Å². The molecule has 0 unspecified atom stereocenters. The van der Waals surface area contributed by atoms with Gasteiger partial charge < -0.3 is 0 Å². The Hall–Kier alpha value is -0.590. The molecular formula is C30H50O. The summed E-state index contributed by atoms with van der Waals surface area (Å²) in [6, 6.07) is 0. The van der Waals surface area contributed by atoms with Gasteiger partial charge in [-0.3, -0.25) is 4.79 Å². The van der Waals surface area contributed by atoms with Gasteiger partial charge in [-0.25, -0.2) is 0 Å². The van der Waals surface area contributed by atoms with Gasteiger partial charge in [-0.1, -0.05) is 66.0 Å². The zero-order valence-electron chi connectivity index (χ0n) is 21.5. The molecule has 0 N–H and O–H groups in total. The lowest BCUT2D eigenvalue weighted by atomic mass is 9.43. The van der Waals surface area contributed by atoms with Crippen LogP contribution in [0.2, 0.25) is 0 Å². The molecule has 0 aromatic carbocycles. The highest BCUT2D eigenvalue weighted by Gasteiger charge is 2.61. The number of allylic oxidation sites excluding steroid dienone is 2. The molecular weight excluding hydrogens is 376 g/mol. The predicted molar refractivity (Wildman–Crippen MR) is 132 cm³/mol. The van der Waals surface area contributed by atoms with Gasteiger partial charge in [0.15, 0.2) is 0 Å². The number of Topliss-reactive ketones (excluding diaryl/α,β-unsaturated/α-hetero) is 1. The van der Waals surface area contributed by atoms with Gasteiger partial charge in [0, 0.05) is 12.3 Å². The zero-order valence-corrected chi connectivity index (χ0v) is 21.5. The quantitative estimate of drug-likeness (QED) is 0.389. The Morgan fingerprint density at radius 3 is 2.32 bits per heavy atom. The van der Waals surface area contributed by atoms with Crippen molar-refractivity contribution in [2.45, 2.75) is 112 Å². The van der Waals surface area contributed by atoms with E-state index in [0.717, 1.165) is 48.3 Å². The molecule has 0 bridgehead atoms. The smallest absolute Gasteiger partial charge is 0.140 e. The average molecular weight is 427 g/mol. The molecule has 0 spiro atoms. The molecule has 0 saturated heterocycles. The Bertz CT molecular complexity index is 676. The SMILES string of the molecule is C/C=C\[C@@H]1C(=O)CC[C@]2(C)[C@H]3CC[C@]4(C)[C@@H]([C@H](C)CCCC(C)C)CC[C@H]4[C@@H]3CC[C@@H]12. The van der Waals surface area contributed by atoms with Gasteiger partial charge in [0.2, 0.25) is 0 Å². The molecule has 4 aliphatic rings. The second-order valence-electron chi connectivity index (χ2n) is 13.1. The summed E-state index contributed by atoms with van der Waals surface area (Å²) in [6.07, 6.45) is 19.1. The first kappa shape index (κ1) is 23.6. The molecule has 176 valence electrons.